The van der Waals surface area contributed by atoms with E-state index in [0.29, 0.717) is 5.11 Å². The zero-order valence-corrected chi connectivity index (χ0v) is 10.6. The molecule has 1 aliphatic heterocycles. The Hall–Kier alpha value is -0.810. The smallest absolute Gasteiger partial charge is 0.218 e. The molecule has 0 saturated heterocycles. The van der Waals surface area contributed by atoms with Gasteiger partial charge in [-0.2, -0.15) is 5.11 Å². The van der Waals surface area contributed by atoms with Crippen LogP contribution in [0.25, 0.3) is 0 Å². The minimum Gasteiger partial charge on any atom is -0.319 e. The van der Waals surface area contributed by atoms with Crippen LogP contribution in [0.15, 0.2) is 39.0 Å². The molecular weight excluding hydrogens is 274 g/mol. The van der Waals surface area contributed by atoms with Gasteiger partial charge in [-0.1, -0.05) is 28.1 Å². The molecule has 3 nitrogen and oxygen atoms in total. The van der Waals surface area contributed by atoms with Crippen molar-refractivity contribution in [2.75, 3.05) is 6.54 Å². The van der Waals surface area contributed by atoms with Crippen molar-refractivity contribution in [2.45, 2.75) is 13.1 Å². The molecule has 2 rings (SSSR count). The lowest BCUT2D eigenvalue weighted by molar-refractivity contribution is 0.364. The van der Waals surface area contributed by atoms with Gasteiger partial charge in [0.05, 0.1) is 0 Å². The maximum absolute atomic E-state index is 5.10. The second kappa shape index (κ2) is 4.37. The minimum absolute atomic E-state index is 0.0457. The molecule has 0 spiro atoms. The Balaban J connectivity index is 2.28. The van der Waals surface area contributed by atoms with Crippen LogP contribution in [0, 0.1) is 0 Å². The molecule has 0 aromatic heterocycles. The summed E-state index contributed by atoms with van der Waals surface area (Å²) in [6.07, 6.45) is -0.0457. The van der Waals surface area contributed by atoms with E-state index in [9.17, 15) is 0 Å². The van der Waals surface area contributed by atoms with Gasteiger partial charge < -0.3 is 4.90 Å². The quantitative estimate of drug-likeness (QED) is 0.777. The van der Waals surface area contributed by atoms with Crippen molar-refractivity contribution in [1.29, 1.82) is 0 Å². The first-order chi connectivity index (χ1) is 7.22. The Bertz CT molecular complexity index is 402. The van der Waals surface area contributed by atoms with Crippen LogP contribution in [0.5, 0.6) is 0 Å². The monoisotopic (exact) mass is 283 g/mol. The summed E-state index contributed by atoms with van der Waals surface area (Å²) < 4.78 is 1.06. The van der Waals surface area contributed by atoms with E-state index in [2.05, 4.69) is 33.1 Å². The second-order valence-corrected chi connectivity index (χ2v) is 4.49. The summed E-state index contributed by atoms with van der Waals surface area (Å²) in [5.41, 5.74) is 1.11. The summed E-state index contributed by atoms with van der Waals surface area (Å²) in [7, 11) is 0. The van der Waals surface area contributed by atoms with E-state index >= 15 is 0 Å². The van der Waals surface area contributed by atoms with Crippen LogP contribution >= 0.6 is 28.1 Å². The highest BCUT2D eigenvalue weighted by molar-refractivity contribution is 9.10. The molecule has 0 radical (unpaired) electrons. The third-order valence-corrected chi connectivity index (χ3v) is 3.15. The van der Waals surface area contributed by atoms with Gasteiger partial charge in [-0.15, -0.1) is 5.11 Å². The zero-order valence-electron chi connectivity index (χ0n) is 8.22. The molecule has 1 aliphatic rings. The molecule has 0 fully saturated rings. The first kappa shape index (κ1) is 10.7. The average molecular weight is 284 g/mol. The highest BCUT2D eigenvalue weighted by Crippen LogP contribution is 2.28. The highest BCUT2D eigenvalue weighted by atomic mass is 79.9. The molecule has 78 valence electrons. The fourth-order valence-electron chi connectivity index (χ4n) is 1.52. The minimum atomic E-state index is -0.0457. The number of azo groups is 1. The molecule has 0 N–H and O–H groups in total. The van der Waals surface area contributed by atoms with E-state index in [4.69, 9.17) is 12.2 Å². The highest BCUT2D eigenvalue weighted by Gasteiger charge is 2.25. The summed E-state index contributed by atoms with van der Waals surface area (Å²) >= 11 is 8.50. The van der Waals surface area contributed by atoms with Crippen molar-refractivity contribution in [3.63, 3.8) is 0 Å². The summed E-state index contributed by atoms with van der Waals surface area (Å²) in [6, 6.07) is 8.06. The number of thiocarbonyl (C=S) groups is 1. The second-order valence-electron chi connectivity index (χ2n) is 3.21. The summed E-state index contributed by atoms with van der Waals surface area (Å²) in [5.74, 6) is 0. The van der Waals surface area contributed by atoms with Gasteiger partial charge in [-0.3, -0.25) is 0 Å². The van der Waals surface area contributed by atoms with E-state index in [-0.39, 0.29) is 6.17 Å². The van der Waals surface area contributed by atoms with Gasteiger partial charge in [0.2, 0.25) is 5.11 Å². The number of hydrogen-bond acceptors (Lipinski definition) is 2. The van der Waals surface area contributed by atoms with Crippen molar-refractivity contribution in [1.82, 2.24) is 4.90 Å². The SMILES string of the molecule is CCN1C(=S)N=NC1c1ccc(Br)cc1. The van der Waals surface area contributed by atoms with E-state index < -0.39 is 0 Å². The lowest BCUT2D eigenvalue weighted by Crippen LogP contribution is -2.26. The van der Waals surface area contributed by atoms with Crippen LogP contribution < -0.4 is 0 Å². The normalized spacial score (nSPS) is 20.0. The molecule has 15 heavy (non-hydrogen) atoms. The molecule has 1 unspecified atom stereocenters. The van der Waals surface area contributed by atoms with E-state index in [1.807, 2.05) is 29.2 Å². The molecule has 1 atom stereocenters. The Morgan fingerprint density at radius 2 is 2.07 bits per heavy atom. The van der Waals surface area contributed by atoms with Gasteiger partial charge in [0.1, 0.15) is 0 Å². The number of nitrogens with zero attached hydrogens (tertiary/aromatic N) is 3. The van der Waals surface area contributed by atoms with Gasteiger partial charge in [0, 0.05) is 11.0 Å². The Labute approximate surface area is 102 Å². The number of halogens is 1. The van der Waals surface area contributed by atoms with Gasteiger partial charge in [0.25, 0.3) is 0 Å². The van der Waals surface area contributed by atoms with Crippen molar-refractivity contribution in [3.05, 3.63) is 34.3 Å². The summed E-state index contributed by atoms with van der Waals surface area (Å²) in [4.78, 5) is 2.00. The number of hydrogen-bond donors (Lipinski definition) is 0. The molecule has 5 heteroatoms. The molecule has 0 bridgehead atoms. The number of rotatable bonds is 2. The van der Waals surface area contributed by atoms with Crippen molar-refractivity contribution in [3.8, 4) is 0 Å². The maximum atomic E-state index is 5.10. The fourth-order valence-corrected chi connectivity index (χ4v) is 2.06. The van der Waals surface area contributed by atoms with Crippen LogP contribution in [0.4, 0.5) is 0 Å². The third-order valence-electron chi connectivity index (χ3n) is 2.30. The van der Waals surface area contributed by atoms with Crippen molar-refractivity contribution >= 4 is 33.3 Å². The molecule has 0 aliphatic carbocycles. The summed E-state index contributed by atoms with van der Waals surface area (Å²) in [5, 5.41) is 8.68. The Morgan fingerprint density at radius 3 is 2.67 bits per heavy atom. The van der Waals surface area contributed by atoms with E-state index in [1.165, 1.54) is 0 Å². The van der Waals surface area contributed by atoms with E-state index in [1.54, 1.807) is 0 Å². The van der Waals surface area contributed by atoms with Gasteiger partial charge in [-0.05, 0) is 36.8 Å². The standard InChI is InChI=1S/C10H10BrN3S/c1-2-14-9(12-13-10(14)15)7-3-5-8(11)6-4-7/h3-6,9H,2H2,1H3. The Morgan fingerprint density at radius 1 is 1.40 bits per heavy atom. The predicted octanol–water partition coefficient (Wildman–Crippen LogP) is 3.52. The molecule has 1 aromatic rings. The number of benzene rings is 1. The molecule has 1 aromatic carbocycles. The predicted molar refractivity (Wildman–Crippen MR) is 66.7 cm³/mol. The van der Waals surface area contributed by atoms with Crippen molar-refractivity contribution in [2.24, 2.45) is 10.2 Å². The maximum Gasteiger partial charge on any atom is 0.218 e. The van der Waals surface area contributed by atoms with Crippen LogP contribution in [-0.2, 0) is 0 Å². The third kappa shape index (κ3) is 2.08. The topological polar surface area (TPSA) is 28.0 Å². The molecular formula is C10H10BrN3S. The van der Waals surface area contributed by atoms with Crippen LogP contribution in [-0.4, -0.2) is 16.6 Å². The average Bonchev–Trinajstić information content (AvgIpc) is 2.61. The fraction of sp³-hybridized carbons (Fsp3) is 0.300. The van der Waals surface area contributed by atoms with Crippen LogP contribution in [0.2, 0.25) is 0 Å². The lowest BCUT2D eigenvalue weighted by Gasteiger charge is -2.21. The van der Waals surface area contributed by atoms with Gasteiger partial charge in [0.15, 0.2) is 6.17 Å². The largest absolute Gasteiger partial charge is 0.319 e. The summed E-state index contributed by atoms with van der Waals surface area (Å²) in [6.45, 7) is 2.88. The van der Waals surface area contributed by atoms with Crippen LogP contribution in [0.3, 0.4) is 0 Å². The van der Waals surface area contributed by atoms with E-state index in [0.717, 1.165) is 16.6 Å². The van der Waals surface area contributed by atoms with Crippen LogP contribution in [0.1, 0.15) is 18.7 Å². The first-order valence-electron chi connectivity index (χ1n) is 4.69. The molecule has 0 saturated carbocycles. The van der Waals surface area contributed by atoms with Gasteiger partial charge >= 0.3 is 0 Å². The molecule has 0 amide bonds. The Kier molecular flexibility index (Phi) is 3.11. The van der Waals surface area contributed by atoms with Gasteiger partial charge in [-0.25, -0.2) is 0 Å². The molecule has 1 heterocycles. The first-order valence-corrected chi connectivity index (χ1v) is 5.89. The lowest BCUT2D eigenvalue weighted by atomic mass is 10.1. The zero-order chi connectivity index (χ0) is 10.8. The van der Waals surface area contributed by atoms with Crippen molar-refractivity contribution < 1.29 is 0 Å².